The molecule has 0 fully saturated rings. The largest absolute Gasteiger partial charge is 0.431 e. The molecule has 1 heterocycles. The van der Waals surface area contributed by atoms with Crippen LogP contribution in [0.3, 0.4) is 0 Å². The lowest BCUT2D eigenvalue weighted by Crippen LogP contribution is -2.10. The minimum absolute atomic E-state index is 0.318. The van der Waals surface area contributed by atoms with Crippen LogP contribution in [0.15, 0.2) is 22.6 Å². The Morgan fingerprint density at radius 1 is 1.35 bits per heavy atom. The van der Waals surface area contributed by atoms with Crippen molar-refractivity contribution < 1.29 is 4.42 Å². The van der Waals surface area contributed by atoms with E-state index in [0.29, 0.717) is 26.5 Å². The SMILES string of the molecule is CCC(=S)n1c(=S)oc2ccc(C)cc2c1=S. The molecule has 0 saturated heterocycles. The molecule has 0 N–H and O–H groups in total. The van der Waals surface area contributed by atoms with Crippen molar-refractivity contribution in [1.82, 2.24) is 4.57 Å². The summed E-state index contributed by atoms with van der Waals surface area (Å²) in [5, 5.41) is 0.879. The molecule has 2 nitrogen and oxygen atoms in total. The fourth-order valence-corrected chi connectivity index (χ4v) is 2.61. The third-order valence-corrected chi connectivity index (χ3v) is 3.64. The number of aromatic nitrogens is 1. The van der Waals surface area contributed by atoms with E-state index in [1.807, 2.05) is 32.0 Å². The van der Waals surface area contributed by atoms with E-state index in [1.54, 1.807) is 4.57 Å². The first-order chi connectivity index (χ1) is 8.04. The van der Waals surface area contributed by atoms with E-state index in [0.717, 1.165) is 10.9 Å². The van der Waals surface area contributed by atoms with Crippen molar-refractivity contribution in [2.24, 2.45) is 0 Å². The third-order valence-electron chi connectivity index (χ3n) is 2.50. The number of fused-ring (bicyclic) bond motifs is 1. The molecular weight excluding hydrogens is 270 g/mol. The highest BCUT2D eigenvalue weighted by molar-refractivity contribution is 7.80. The van der Waals surface area contributed by atoms with Crippen LogP contribution in [0.1, 0.15) is 18.9 Å². The lowest BCUT2D eigenvalue weighted by Gasteiger charge is -2.08. The van der Waals surface area contributed by atoms with Gasteiger partial charge in [0.05, 0.1) is 10.4 Å². The number of nitrogens with zero attached hydrogens (tertiary/aromatic N) is 1. The summed E-state index contributed by atoms with van der Waals surface area (Å²) in [5.74, 6) is 0. The smallest absolute Gasteiger partial charge is 0.275 e. The van der Waals surface area contributed by atoms with Crippen LogP contribution in [0.4, 0.5) is 0 Å². The van der Waals surface area contributed by atoms with Gasteiger partial charge in [-0.25, -0.2) is 0 Å². The van der Waals surface area contributed by atoms with Gasteiger partial charge in [-0.2, -0.15) is 0 Å². The lowest BCUT2D eigenvalue weighted by atomic mass is 10.2. The Kier molecular flexibility index (Phi) is 3.51. The van der Waals surface area contributed by atoms with Crippen molar-refractivity contribution in [3.05, 3.63) is 33.2 Å². The minimum atomic E-state index is 0.318. The summed E-state index contributed by atoms with van der Waals surface area (Å²) in [6.45, 7) is 3.98. The molecule has 2 aromatic rings. The summed E-state index contributed by atoms with van der Waals surface area (Å²) in [5.41, 5.74) is 1.84. The Morgan fingerprint density at radius 3 is 2.71 bits per heavy atom. The Morgan fingerprint density at radius 2 is 2.06 bits per heavy atom. The molecule has 5 heteroatoms. The zero-order valence-electron chi connectivity index (χ0n) is 9.52. The van der Waals surface area contributed by atoms with Crippen molar-refractivity contribution in [3.63, 3.8) is 0 Å². The second-order valence-corrected chi connectivity index (χ2v) is 4.96. The van der Waals surface area contributed by atoms with E-state index in [-0.39, 0.29) is 0 Å². The fraction of sp³-hybridized carbons (Fsp3) is 0.250. The second-order valence-electron chi connectivity index (χ2n) is 3.76. The van der Waals surface area contributed by atoms with Gasteiger partial charge in [-0.15, -0.1) is 0 Å². The summed E-state index contributed by atoms with van der Waals surface area (Å²) in [7, 11) is 0. The van der Waals surface area contributed by atoms with Crippen LogP contribution >= 0.6 is 36.7 Å². The number of aryl methyl sites for hydroxylation is 1. The molecule has 0 aliphatic heterocycles. The van der Waals surface area contributed by atoms with Gasteiger partial charge >= 0.3 is 0 Å². The molecule has 0 spiro atoms. The molecule has 0 aliphatic carbocycles. The topological polar surface area (TPSA) is 18.1 Å². The second kappa shape index (κ2) is 4.76. The van der Waals surface area contributed by atoms with Gasteiger partial charge in [-0.3, -0.25) is 4.57 Å². The Hall–Kier alpha value is -0.910. The van der Waals surface area contributed by atoms with E-state index >= 15 is 0 Å². The van der Waals surface area contributed by atoms with Crippen molar-refractivity contribution in [2.75, 3.05) is 0 Å². The zero-order valence-corrected chi connectivity index (χ0v) is 12.0. The molecule has 0 bridgehead atoms. The van der Waals surface area contributed by atoms with Gasteiger partial charge < -0.3 is 4.42 Å². The van der Waals surface area contributed by atoms with Crippen molar-refractivity contribution in [1.29, 1.82) is 0 Å². The van der Waals surface area contributed by atoms with Crippen molar-refractivity contribution >= 4 is 52.6 Å². The maximum Gasteiger partial charge on any atom is 0.275 e. The summed E-state index contributed by atoms with van der Waals surface area (Å²) in [6, 6.07) is 5.85. The third kappa shape index (κ3) is 2.22. The van der Waals surface area contributed by atoms with Crippen LogP contribution in [0.25, 0.3) is 11.0 Å². The predicted octanol–water partition coefficient (Wildman–Crippen LogP) is 4.59. The van der Waals surface area contributed by atoms with Gasteiger partial charge in [0.1, 0.15) is 10.2 Å². The van der Waals surface area contributed by atoms with Gasteiger partial charge in [0, 0.05) is 0 Å². The molecule has 0 atom stereocenters. The number of hydrogen-bond acceptors (Lipinski definition) is 4. The predicted molar refractivity (Wildman–Crippen MR) is 78.9 cm³/mol. The van der Waals surface area contributed by atoms with Gasteiger partial charge in [-0.1, -0.05) is 43.0 Å². The molecule has 1 aromatic heterocycles. The van der Waals surface area contributed by atoms with Crippen LogP contribution in [0.5, 0.6) is 0 Å². The van der Waals surface area contributed by atoms with Crippen LogP contribution in [0.2, 0.25) is 0 Å². The average molecular weight is 281 g/mol. The first-order valence-electron chi connectivity index (χ1n) is 5.24. The molecule has 2 rings (SSSR count). The molecule has 88 valence electrons. The van der Waals surface area contributed by atoms with Crippen LogP contribution in [-0.4, -0.2) is 9.56 Å². The molecule has 17 heavy (non-hydrogen) atoms. The van der Waals surface area contributed by atoms with E-state index < -0.39 is 0 Å². The fourth-order valence-electron chi connectivity index (χ4n) is 1.62. The number of benzene rings is 1. The van der Waals surface area contributed by atoms with Gasteiger partial charge in [-0.05, 0) is 37.7 Å². The highest BCUT2D eigenvalue weighted by Gasteiger charge is 2.07. The average Bonchev–Trinajstić information content (AvgIpc) is 2.30. The number of rotatable bonds is 1. The van der Waals surface area contributed by atoms with Crippen LogP contribution in [0, 0.1) is 16.4 Å². The quantitative estimate of drug-likeness (QED) is 0.711. The van der Waals surface area contributed by atoms with Gasteiger partial charge in [0.2, 0.25) is 0 Å². The normalized spacial score (nSPS) is 10.7. The van der Waals surface area contributed by atoms with Crippen LogP contribution < -0.4 is 0 Å². The molecular formula is C12H11NOS3. The van der Waals surface area contributed by atoms with E-state index in [1.165, 1.54) is 0 Å². The van der Waals surface area contributed by atoms with Gasteiger partial charge in [0.25, 0.3) is 4.84 Å². The summed E-state index contributed by atoms with van der Waals surface area (Å²) in [6.07, 6.45) is 0.708. The Balaban J connectivity index is 2.93. The van der Waals surface area contributed by atoms with Crippen LogP contribution in [-0.2, 0) is 0 Å². The first-order valence-corrected chi connectivity index (χ1v) is 6.46. The zero-order chi connectivity index (χ0) is 12.6. The molecule has 0 amide bonds. The Labute approximate surface area is 115 Å². The molecule has 0 aliphatic rings. The highest BCUT2D eigenvalue weighted by atomic mass is 32.1. The molecule has 0 unspecified atom stereocenters. The molecule has 1 aromatic carbocycles. The molecule has 0 saturated carbocycles. The summed E-state index contributed by atoms with van der Waals surface area (Å²) in [4.78, 5) is 1.00. The van der Waals surface area contributed by atoms with Crippen molar-refractivity contribution in [2.45, 2.75) is 20.3 Å². The summed E-state index contributed by atoms with van der Waals surface area (Å²) >= 11 is 15.9. The van der Waals surface area contributed by atoms with E-state index in [9.17, 15) is 0 Å². The maximum atomic E-state index is 5.58. The van der Waals surface area contributed by atoms with Gasteiger partial charge in [0.15, 0.2) is 0 Å². The Bertz CT molecular complexity index is 712. The maximum absolute atomic E-state index is 5.58. The minimum Gasteiger partial charge on any atom is -0.431 e. The standard InChI is InChI=1S/C12H11NOS3/c1-3-10(15)13-11(16)8-6-7(2)4-5-9(8)14-12(13)17/h4-6H,3H2,1-2H3. The summed E-state index contributed by atoms with van der Waals surface area (Å²) < 4.78 is 7.86. The highest BCUT2D eigenvalue weighted by Crippen LogP contribution is 2.19. The number of thiocarbonyl (C=S) groups is 1. The van der Waals surface area contributed by atoms with E-state index in [4.69, 9.17) is 41.1 Å². The molecule has 0 radical (unpaired) electrons. The lowest BCUT2D eigenvalue weighted by molar-refractivity contribution is 0.543. The first kappa shape index (κ1) is 12.5. The monoisotopic (exact) mass is 281 g/mol. The van der Waals surface area contributed by atoms with Crippen molar-refractivity contribution in [3.8, 4) is 0 Å². The van der Waals surface area contributed by atoms with E-state index in [2.05, 4.69) is 0 Å². The number of hydrogen-bond donors (Lipinski definition) is 0.